The summed E-state index contributed by atoms with van der Waals surface area (Å²) >= 11 is 5.98. The average Bonchev–Trinajstić information content (AvgIpc) is 2.25. The lowest BCUT2D eigenvalue weighted by Gasteiger charge is -2.11. The van der Waals surface area contributed by atoms with Gasteiger partial charge in [0.25, 0.3) is 5.91 Å². The smallest absolute Gasteiger partial charge is 0.252 e. The second kappa shape index (κ2) is 6.17. The summed E-state index contributed by atoms with van der Waals surface area (Å²) in [6, 6.07) is 5.28. The van der Waals surface area contributed by atoms with E-state index in [9.17, 15) is 9.00 Å². The van der Waals surface area contributed by atoms with Crippen molar-refractivity contribution in [3.05, 3.63) is 34.3 Å². The van der Waals surface area contributed by atoms with Gasteiger partial charge in [0.15, 0.2) is 0 Å². The van der Waals surface area contributed by atoms with Crippen LogP contribution in [0.3, 0.4) is 0 Å². The summed E-state index contributed by atoms with van der Waals surface area (Å²) in [6.45, 7) is 4.12. The minimum atomic E-state index is -0.940. The van der Waals surface area contributed by atoms with Gasteiger partial charge in [0.1, 0.15) is 0 Å². The highest BCUT2D eigenvalue weighted by Gasteiger charge is 2.12. The van der Waals surface area contributed by atoms with E-state index >= 15 is 0 Å². The molecule has 0 aromatic heterocycles. The van der Waals surface area contributed by atoms with Crippen LogP contribution in [0, 0.1) is 6.92 Å². The molecule has 1 amide bonds. The van der Waals surface area contributed by atoms with Crippen molar-refractivity contribution in [2.45, 2.75) is 19.1 Å². The summed E-state index contributed by atoms with van der Waals surface area (Å²) < 4.78 is 11.1. The Labute approximate surface area is 109 Å². The molecule has 1 aromatic carbocycles. The van der Waals surface area contributed by atoms with Gasteiger partial charge in [-0.2, -0.15) is 0 Å². The molecule has 1 aromatic rings. The summed E-state index contributed by atoms with van der Waals surface area (Å²) in [4.78, 5) is 11.8. The fraction of sp³-hybridized carbons (Fsp3) is 0.417. The first-order chi connectivity index (χ1) is 7.91. The number of aryl methyl sites for hydroxylation is 1. The van der Waals surface area contributed by atoms with Crippen LogP contribution in [0.25, 0.3) is 0 Å². The van der Waals surface area contributed by atoms with Gasteiger partial charge >= 0.3 is 0 Å². The Morgan fingerprint density at radius 2 is 2.18 bits per heavy atom. The zero-order valence-electron chi connectivity index (χ0n) is 10.1. The fourth-order valence-corrected chi connectivity index (χ4v) is 1.89. The Bertz CT molecular complexity index is 448. The molecule has 0 fully saturated rings. The van der Waals surface area contributed by atoms with E-state index in [4.69, 9.17) is 11.6 Å². The molecule has 94 valence electrons. The molecule has 0 aliphatic carbocycles. The normalized spacial score (nSPS) is 14.1. The molecule has 0 radical (unpaired) electrons. The van der Waals surface area contributed by atoms with E-state index < -0.39 is 10.8 Å². The predicted molar refractivity (Wildman–Crippen MR) is 72.1 cm³/mol. The largest absolute Gasteiger partial charge is 0.351 e. The van der Waals surface area contributed by atoms with Crippen LogP contribution in [0.2, 0.25) is 5.02 Å². The molecule has 0 aliphatic heterocycles. The second-order valence-electron chi connectivity index (χ2n) is 4.00. The molecule has 0 heterocycles. The highest BCUT2D eigenvalue weighted by Crippen LogP contribution is 2.17. The summed E-state index contributed by atoms with van der Waals surface area (Å²) in [5.74, 6) is -0.229. The van der Waals surface area contributed by atoms with Gasteiger partial charge in [-0.1, -0.05) is 17.7 Å². The number of nitrogens with one attached hydrogen (secondary N) is 1. The molecule has 0 unspecified atom stereocenters. The molecule has 0 saturated carbocycles. The van der Waals surface area contributed by atoms with E-state index in [1.807, 2.05) is 19.9 Å². The van der Waals surface area contributed by atoms with Gasteiger partial charge in [-0.15, -0.1) is 0 Å². The standard InChI is InChI=1S/C12H16ClNO2S/c1-8-4-5-10(11(13)6-8)12(15)14-7-9(2)17(3)16/h4-6,9H,7H2,1-3H3,(H,14,15)/t9-,17-/m0/s1. The monoisotopic (exact) mass is 273 g/mol. The van der Waals surface area contributed by atoms with Crippen LogP contribution in [-0.4, -0.2) is 28.2 Å². The maximum atomic E-state index is 11.8. The van der Waals surface area contributed by atoms with Crippen molar-refractivity contribution in [3.63, 3.8) is 0 Å². The van der Waals surface area contributed by atoms with Gasteiger partial charge in [0.05, 0.1) is 10.6 Å². The van der Waals surface area contributed by atoms with Gasteiger partial charge < -0.3 is 5.32 Å². The van der Waals surface area contributed by atoms with E-state index in [1.165, 1.54) is 0 Å². The topological polar surface area (TPSA) is 46.2 Å². The van der Waals surface area contributed by atoms with Crippen LogP contribution in [0.5, 0.6) is 0 Å². The summed E-state index contributed by atoms with van der Waals surface area (Å²) in [7, 11) is -0.940. The SMILES string of the molecule is Cc1ccc(C(=O)NC[C@H](C)[S@](C)=O)c(Cl)c1. The van der Waals surface area contributed by atoms with Crippen molar-refractivity contribution in [3.8, 4) is 0 Å². The number of amides is 1. The van der Waals surface area contributed by atoms with Crippen molar-refractivity contribution < 1.29 is 9.00 Å². The molecule has 5 heteroatoms. The number of hydrogen-bond donors (Lipinski definition) is 1. The van der Waals surface area contributed by atoms with Crippen molar-refractivity contribution in [2.24, 2.45) is 0 Å². The fourth-order valence-electron chi connectivity index (χ4n) is 1.25. The molecule has 0 bridgehead atoms. The van der Waals surface area contributed by atoms with Crippen LogP contribution in [0.15, 0.2) is 18.2 Å². The minimum Gasteiger partial charge on any atom is -0.351 e. The first-order valence-electron chi connectivity index (χ1n) is 5.28. The van der Waals surface area contributed by atoms with E-state index in [-0.39, 0.29) is 11.2 Å². The predicted octanol–water partition coefficient (Wildman–Crippen LogP) is 2.15. The number of halogens is 1. The van der Waals surface area contributed by atoms with Crippen LogP contribution in [0.4, 0.5) is 0 Å². The minimum absolute atomic E-state index is 0.0665. The molecule has 0 aliphatic rings. The molecule has 2 atom stereocenters. The summed E-state index contributed by atoms with van der Waals surface area (Å²) in [5, 5.41) is 3.10. The number of carbonyl (C=O) groups is 1. The molecule has 3 nitrogen and oxygen atoms in total. The van der Waals surface area contributed by atoms with Crippen molar-refractivity contribution in [1.29, 1.82) is 0 Å². The maximum Gasteiger partial charge on any atom is 0.252 e. The number of hydrogen-bond acceptors (Lipinski definition) is 2. The zero-order valence-corrected chi connectivity index (χ0v) is 11.7. The van der Waals surface area contributed by atoms with E-state index in [0.29, 0.717) is 17.1 Å². The summed E-state index contributed by atoms with van der Waals surface area (Å²) in [5.41, 5.74) is 1.46. The molecule has 1 rings (SSSR count). The number of benzene rings is 1. The number of rotatable bonds is 4. The zero-order chi connectivity index (χ0) is 13.0. The van der Waals surface area contributed by atoms with Crippen LogP contribution in [0.1, 0.15) is 22.8 Å². The second-order valence-corrected chi connectivity index (χ2v) is 6.21. The van der Waals surface area contributed by atoms with Crippen molar-refractivity contribution in [1.82, 2.24) is 5.32 Å². The van der Waals surface area contributed by atoms with Crippen molar-refractivity contribution in [2.75, 3.05) is 12.8 Å². The Kier molecular flexibility index (Phi) is 5.15. The van der Waals surface area contributed by atoms with Gasteiger partial charge in [-0.25, -0.2) is 0 Å². The van der Waals surface area contributed by atoms with Crippen LogP contribution in [-0.2, 0) is 10.8 Å². The lowest BCUT2D eigenvalue weighted by molar-refractivity contribution is 0.0954. The first kappa shape index (κ1) is 14.2. The third-order valence-corrected chi connectivity index (χ3v) is 4.10. The molecule has 0 spiro atoms. The highest BCUT2D eigenvalue weighted by molar-refractivity contribution is 7.84. The Morgan fingerprint density at radius 3 is 2.71 bits per heavy atom. The van der Waals surface area contributed by atoms with E-state index in [1.54, 1.807) is 18.4 Å². The Hall–Kier alpha value is -0.870. The maximum absolute atomic E-state index is 11.8. The average molecular weight is 274 g/mol. The highest BCUT2D eigenvalue weighted by atomic mass is 35.5. The molecule has 0 saturated heterocycles. The molecule has 17 heavy (non-hydrogen) atoms. The molecule has 1 N–H and O–H groups in total. The van der Waals surface area contributed by atoms with Crippen molar-refractivity contribution >= 4 is 28.3 Å². The number of carbonyl (C=O) groups excluding carboxylic acids is 1. The van der Waals surface area contributed by atoms with Gasteiger partial charge in [-0.3, -0.25) is 9.00 Å². The van der Waals surface area contributed by atoms with Gasteiger partial charge in [0.2, 0.25) is 0 Å². The van der Waals surface area contributed by atoms with E-state index in [2.05, 4.69) is 5.32 Å². The third kappa shape index (κ3) is 4.13. The lowest BCUT2D eigenvalue weighted by atomic mass is 10.1. The lowest BCUT2D eigenvalue weighted by Crippen LogP contribution is -2.32. The Morgan fingerprint density at radius 1 is 1.53 bits per heavy atom. The first-order valence-corrected chi connectivity index (χ1v) is 7.28. The van der Waals surface area contributed by atoms with Gasteiger partial charge in [-0.05, 0) is 31.5 Å². The molecular weight excluding hydrogens is 258 g/mol. The van der Waals surface area contributed by atoms with Crippen LogP contribution >= 0.6 is 11.6 Å². The summed E-state index contributed by atoms with van der Waals surface area (Å²) in [6.07, 6.45) is 1.62. The Balaban J connectivity index is 2.67. The quantitative estimate of drug-likeness (QED) is 0.914. The van der Waals surface area contributed by atoms with Gasteiger partial charge in [0, 0.05) is 28.9 Å². The van der Waals surface area contributed by atoms with Crippen LogP contribution < -0.4 is 5.32 Å². The third-order valence-electron chi connectivity index (χ3n) is 2.49. The molecular formula is C12H16ClNO2S. The van der Waals surface area contributed by atoms with E-state index in [0.717, 1.165) is 5.56 Å².